The van der Waals surface area contributed by atoms with Crippen molar-refractivity contribution < 1.29 is 9.53 Å². The van der Waals surface area contributed by atoms with Gasteiger partial charge in [0.05, 0.1) is 19.3 Å². The van der Waals surface area contributed by atoms with Crippen LogP contribution in [0.5, 0.6) is 0 Å². The average molecular weight is 210 g/mol. The Kier molecular flexibility index (Phi) is 2.49. The summed E-state index contributed by atoms with van der Waals surface area (Å²) in [6.07, 6.45) is 2.27. The molecule has 0 unspecified atom stereocenters. The number of carbonyl (C=O) groups is 1. The third-order valence-electron chi connectivity index (χ3n) is 2.48. The zero-order valence-electron chi connectivity index (χ0n) is 8.64. The number of anilines is 1. The number of cyclic esters (lactones) is 1. The number of aromatic nitrogens is 2. The van der Waals surface area contributed by atoms with Gasteiger partial charge in [-0.2, -0.15) is 5.10 Å². The Balaban J connectivity index is 2.07. The van der Waals surface area contributed by atoms with Crippen LogP contribution in [0.1, 0.15) is 12.0 Å². The highest BCUT2D eigenvalue weighted by atomic mass is 16.6. The van der Waals surface area contributed by atoms with E-state index in [-0.39, 0.29) is 6.09 Å². The summed E-state index contributed by atoms with van der Waals surface area (Å²) in [5.41, 5.74) is 6.64. The maximum Gasteiger partial charge on any atom is 0.410 e. The predicted molar refractivity (Wildman–Crippen MR) is 54.0 cm³/mol. The van der Waals surface area contributed by atoms with Crippen molar-refractivity contribution in [3.8, 4) is 0 Å². The number of ether oxygens (including phenoxy) is 1. The zero-order chi connectivity index (χ0) is 10.8. The van der Waals surface area contributed by atoms with Gasteiger partial charge in [-0.15, -0.1) is 0 Å². The molecule has 1 aromatic heterocycles. The molecular formula is C9H14N4O2. The molecule has 1 aliphatic heterocycles. The molecule has 15 heavy (non-hydrogen) atoms. The fourth-order valence-electron chi connectivity index (χ4n) is 1.56. The lowest BCUT2D eigenvalue weighted by molar-refractivity contribution is 0.0701. The summed E-state index contributed by atoms with van der Waals surface area (Å²) in [6.45, 7) is 1.70. The van der Waals surface area contributed by atoms with Gasteiger partial charge < -0.3 is 15.4 Å². The summed E-state index contributed by atoms with van der Waals surface area (Å²) in [6, 6.07) is 0. The maximum absolute atomic E-state index is 11.4. The normalized spacial score (nSPS) is 16.6. The molecule has 2 rings (SSSR count). The Morgan fingerprint density at radius 2 is 2.47 bits per heavy atom. The van der Waals surface area contributed by atoms with E-state index in [1.807, 2.05) is 0 Å². The van der Waals surface area contributed by atoms with Crippen molar-refractivity contribution in [2.45, 2.75) is 13.0 Å². The molecule has 0 radical (unpaired) electrons. The van der Waals surface area contributed by atoms with Crippen molar-refractivity contribution >= 4 is 11.9 Å². The molecule has 0 spiro atoms. The molecule has 1 saturated heterocycles. The number of hydrogen-bond donors (Lipinski definition) is 1. The van der Waals surface area contributed by atoms with Crippen molar-refractivity contribution in [1.82, 2.24) is 14.7 Å². The summed E-state index contributed by atoms with van der Waals surface area (Å²) in [7, 11) is 1.77. The first-order valence-electron chi connectivity index (χ1n) is 4.86. The first-order valence-corrected chi connectivity index (χ1v) is 4.86. The number of nitrogens with zero attached hydrogens (tertiary/aromatic N) is 3. The molecule has 0 aromatic carbocycles. The summed E-state index contributed by atoms with van der Waals surface area (Å²) in [4.78, 5) is 13.0. The van der Waals surface area contributed by atoms with E-state index in [0.29, 0.717) is 25.5 Å². The van der Waals surface area contributed by atoms with Crippen LogP contribution in [0.15, 0.2) is 6.20 Å². The molecular weight excluding hydrogens is 196 g/mol. The van der Waals surface area contributed by atoms with Gasteiger partial charge in [0, 0.05) is 19.2 Å². The second-order valence-corrected chi connectivity index (χ2v) is 3.57. The highest BCUT2D eigenvalue weighted by Crippen LogP contribution is 2.15. The monoisotopic (exact) mass is 210 g/mol. The largest absolute Gasteiger partial charge is 0.449 e. The van der Waals surface area contributed by atoms with Crippen molar-refractivity contribution in [2.24, 2.45) is 7.05 Å². The van der Waals surface area contributed by atoms with Crippen LogP contribution in [0, 0.1) is 0 Å². The lowest BCUT2D eigenvalue weighted by Gasteiger charge is -2.25. The SMILES string of the molecule is Cn1ncc(CN2CCCOC2=O)c1N. The lowest BCUT2D eigenvalue weighted by Crippen LogP contribution is -2.37. The van der Waals surface area contributed by atoms with E-state index < -0.39 is 0 Å². The quantitative estimate of drug-likeness (QED) is 0.764. The van der Waals surface area contributed by atoms with E-state index in [0.717, 1.165) is 12.0 Å². The van der Waals surface area contributed by atoms with Crippen molar-refractivity contribution in [2.75, 3.05) is 18.9 Å². The Morgan fingerprint density at radius 1 is 1.67 bits per heavy atom. The summed E-state index contributed by atoms with van der Waals surface area (Å²) < 4.78 is 6.52. The molecule has 0 aliphatic carbocycles. The third kappa shape index (κ3) is 1.88. The fourth-order valence-corrected chi connectivity index (χ4v) is 1.56. The number of nitrogens with two attached hydrogens (primary N) is 1. The van der Waals surface area contributed by atoms with E-state index in [2.05, 4.69) is 5.10 Å². The van der Waals surface area contributed by atoms with E-state index in [1.54, 1.807) is 22.8 Å². The second-order valence-electron chi connectivity index (χ2n) is 3.57. The van der Waals surface area contributed by atoms with E-state index in [9.17, 15) is 4.79 Å². The molecule has 1 fully saturated rings. The average Bonchev–Trinajstić information content (AvgIpc) is 2.53. The van der Waals surface area contributed by atoms with Gasteiger partial charge in [-0.05, 0) is 6.42 Å². The number of rotatable bonds is 2. The van der Waals surface area contributed by atoms with Gasteiger partial charge in [-0.3, -0.25) is 4.68 Å². The van der Waals surface area contributed by atoms with Gasteiger partial charge in [-0.1, -0.05) is 0 Å². The summed E-state index contributed by atoms with van der Waals surface area (Å²) >= 11 is 0. The molecule has 6 heteroatoms. The van der Waals surface area contributed by atoms with Crippen LogP contribution in [0.2, 0.25) is 0 Å². The van der Waals surface area contributed by atoms with E-state index in [1.165, 1.54) is 0 Å². The Morgan fingerprint density at radius 3 is 3.07 bits per heavy atom. The molecule has 0 saturated carbocycles. The highest BCUT2D eigenvalue weighted by molar-refractivity contribution is 5.68. The predicted octanol–water partition coefficient (Wildman–Crippen LogP) is 0.345. The van der Waals surface area contributed by atoms with Gasteiger partial charge in [0.2, 0.25) is 0 Å². The minimum Gasteiger partial charge on any atom is -0.449 e. The molecule has 82 valence electrons. The molecule has 0 bridgehead atoms. The van der Waals surface area contributed by atoms with Gasteiger partial charge in [0.25, 0.3) is 0 Å². The molecule has 1 aliphatic rings. The maximum atomic E-state index is 11.4. The van der Waals surface area contributed by atoms with Crippen LogP contribution in [-0.2, 0) is 18.3 Å². The number of aryl methyl sites for hydroxylation is 1. The fraction of sp³-hybridized carbons (Fsp3) is 0.556. The summed E-state index contributed by atoms with van der Waals surface area (Å²) in [5.74, 6) is 0.591. The number of hydrogen-bond acceptors (Lipinski definition) is 4. The molecule has 2 N–H and O–H groups in total. The van der Waals surface area contributed by atoms with Crippen molar-refractivity contribution in [3.63, 3.8) is 0 Å². The smallest absolute Gasteiger partial charge is 0.410 e. The third-order valence-corrected chi connectivity index (χ3v) is 2.48. The zero-order valence-corrected chi connectivity index (χ0v) is 8.64. The standard InChI is InChI=1S/C9H14N4O2/c1-12-8(10)7(5-11-12)6-13-3-2-4-15-9(13)14/h5H,2-4,6,10H2,1H3. The van der Waals surface area contributed by atoms with Gasteiger partial charge >= 0.3 is 6.09 Å². The molecule has 0 atom stereocenters. The van der Waals surface area contributed by atoms with Crippen LogP contribution in [0.3, 0.4) is 0 Å². The van der Waals surface area contributed by atoms with Crippen LogP contribution in [0.4, 0.5) is 10.6 Å². The van der Waals surface area contributed by atoms with Crippen molar-refractivity contribution in [3.05, 3.63) is 11.8 Å². The van der Waals surface area contributed by atoms with E-state index in [4.69, 9.17) is 10.5 Å². The van der Waals surface area contributed by atoms with Crippen molar-refractivity contribution in [1.29, 1.82) is 0 Å². The lowest BCUT2D eigenvalue weighted by atomic mass is 10.3. The van der Waals surface area contributed by atoms with E-state index >= 15 is 0 Å². The molecule has 1 aromatic rings. The van der Waals surface area contributed by atoms with Crippen LogP contribution >= 0.6 is 0 Å². The molecule has 2 heterocycles. The van der Waals surface area contributed by atoms with Crippen LogP contribution in [-0.4, -0.2) is 33.9 Å². The highest BCUT2D eigenvalue weighted by Gasteiger charge is 2.21. The Bertz CT molecular complexity index is 374. The number of nitrogen functional groups attached to an aromatic ring is 1. The summed E-state index contributed by atoms with van der Waals surface area (Å²) in [5, 5.41) is 4.02. The molecule has 6 nitrogen and oxygen atoms in total. The Labute approximate surface area is 87.6 Å². The minimum absolute atomic E-state index is 0.274. The van der Waals surface area contributed by atoms with Gasteiger partial charge in [-0.25, -0.2) is 4.79 Å². The van der Waals surface area contributed by atoms with Gasteiger partial charge in [0.15, 0.2) is 0 Å². The van der Waals surface area contributed by atoms with Crippen LogP contribution < -0.4 is 5.73 Å². The second kappa shape index (κ2) is 3.80. The Hall–Kier alpha value is -1.72. The van der Waals surface area contributed by atoms with Crippen LogP contribution in [0.25, 0.3) is 0 Å². The number of amides is 1. The first kappa shape index (κ1) is 9.82. The first-order chi connectivity index (χ1) is 7.18. The minimum atomic E-state index is -0.274. The number of carbonyl (C=O) groups excluding carboxylic acids is 1. The van der Waals surface area contributed by atoms with Gasteiger partial charge in [0.1, 0.15) is 5.82 Å². The topological polar surface area (TPSA) is 73.4 Å². The molecule has 1 amide bonds.